The predicted octanol–water partition coefficient (Wildman–Crippen LogP) is 3.46. The van der Waals surface area contributed by atoms with Gasteiger partial charge in [0.25, 0.3) is 0 Å². The van der Waals surface area contributed by atoms with E-state index in [0.717, 1.165) is 11.1 Å². The van der Waals surface area contributed by atoms with E-state index in [1.54, 1.807) is 18.2 Å². The van der Waals surface area contributed by atoms with Gasteiger partial charge in [0, 0.05) is 12.6 Å². The van der Waals surface area contributed by atoms with Crippen LogP contribution in [-0.2, 0) is 11.3 Å². The van der Waals surface area contributed by atoms with Crippen LogP contribution in [0.4, 0.5) is 4.39 Å². The standard InChI is InChI=1S/C17H18FNO2/c1-12(15-4-3-5-16(18)10-15)19-11-13-6-8-14(9-7-13)17(20)21-2/h3-10,12,19H,11H2,1-2H3/t12-/m1/s1. The summed E-state index contributed by atoms with van der Waals surface area (Å²) in [5, 5.41) is 3.32. The minimum absolute atomic E-state index is 0.0426. The highest BCUT2D eigenvalue weighted by molar-refractivity contribution is 5.89. The number of hydrogen-bond donors (Lipinski definition) is 1. The zero-order valence-corrected chi connectivity index (χ0v) is 12.1. The third-order valence-corrected chi connectivity index (χ3v) is 3.34. The fourth-order valence-electron chi connectivity index (χ4n) is 2.04. The molecule has 2 aromatic carbocycles. The number of nitrogens with one attached hydrogen (secondary N) is 1. The van der Waals surface area contributed by atoms with E-state index in [0.29, 0.717) is 12.1 Å². The highest BCUT2D eigenvalue weighted by Crippen LogP contribution is 2.14. The highest BCUT2D eigenvalue weighted by Gasteiger charge is 2.07. The lowest BCUT2D eigenvalue weighted by Gasteiger charge is -2.14. The fourth-order valence-corrected chi connectivity index (χ4v) is 2.04. The number of carbonyl (C=O) groups excluding carboxylic acids is 1. The van der Waals surface area contributed by atoms with Crippen molar-refractivity contribution in [2.24, 2.45) is 0 Å². The Labute approximate surface area is 123 Å². The summed E-state index contributed by atoms with van der Waals surface area (Å²) in [7, 11) is 1.36. The normalized spacial score (nSPS) is 12.0. The Kier molecular flexibility index (Phi) is 5.06. The second kappa shape index (κ2) is 6.99. The lowest BCUT2D eigenvalue weighted by atomic mass is 10.1. The van der Waals surface area contributed by atoms with Gasteiger partial charge in [0.1, 0.15) is 5.82 Å². The number of hydrogen-bond acceptors (Lipinski definition) is 3. The average Bonchev–Trinajstić information content (AvgIpc) is 2.52. The minimum atomic E-state index is -0.345. The van der Waals surface area contributed by atoms with Gasteiger partial charge in [0.15, 0.2) is 0 Å². The lowest BCUT2D eigenvalue weighted by molar-refractivity contribution is 0.0600. The first-order chi connectivity index (χ1) is 10.1. The molecule has 0 aromatic heterocycles. The molecule has 0 unspecified atom stereocenters. The first-order valence-electron chi connectivity index (χ1n) is 6.76. The van der Waals surface area contributed by atoms with Crippen LogP contribution in [0.3, 0.4) is 0 Å². The molecule has 0 aliphatic heterocycles. The largest absolute Gasteiger partial charge is 0.465 e. The van der Waals surface area contributed by atoms with Crippen molar-refractivity contribution < 1.29 is 13.9 Å². The Bertz CT molecular complexity index is 610. The van der Waals surface area contributed by atoms with E-state index in [9.17, 15) is 9.18 Å². The number of rotatable bonds is 5. The molecule has 0 radical (unpaired) electrons. The van der Waals surface area contributed by atoms with Crippen molar-refractivity contribution in [1.29, 1.82) is 0 Å². The number of esters is 1. The molecule has 2 aromatic rings. The number of methoxy groups -OCH3 is 1. The molecule has 0 saturated carbocycles. The monoisotopic (exact) mass is 287 g/mol. The molecule has 1 atom stereocenters. The second-order valence-electron chi connectivity index (χ2n) is 4.85. The van der Waals surface area contributed by atoms with Crippen LogP contribution < -0.4 is 5.32 Å². The van der Waals surface area contributed by atoms with E-state index in [-0.39, 0.29) is 17.8 Å². The molecule has 0 spiro atoms. The lowest BCUT2D eigenvalue weighted by Crippen LogP contribution is -2.18. The van der Waals surface area contributed by atoms with Gasteiger partial charge in [-0.1, -0.05) is 24.3 Å². The summed E-state index contributed by atoms with van der Waals surface area (Å²) in [6.07, 6.45) is 0. The van der Waals surface area contributed by atoms with Crippen molar-refractivity contribution in [2.75, 3.05) is 7.11 Å². The predicted molar refractivity (Wildman–Crippen MR) is 79.4 cm³/mol. The fraction of sp³-hybridized carbons (Fsp3) is 0.235. The van der Waals surface area contributed by atoms with Crippen molar-refractivity contribution in [3.63, 3.8) is 0 Å². The highest BCUT2D eigenvalue weighted by atomic mass is 19.1. The Morgan fingerprint density at radius 2 is 1.95 bits per heavy atom. The number of halogens is 1. The van der Waals surface area contributed by atoms with Crippen LogP contribution in [0.1, 0.15) is 34.5 Å². The third-order valence-electron chi connectivity index (χ3n) is 3.34. The molecule has 3 nitrogen and oxygen atoms in total. The van der Waals surface area contributed by atoms with Gasteiger partial charge in [0.2, 0.25) is 0 Å². The van der Waals surface area contributed by atoms with E-state index in [1.165, 1.54) is 19.2 Å². The third kappa shape index (κ3) is 4.13. The molecular formula is C17H18FNO2. The molecule has 110 valence electrons. The average molecular weight is 287 g/mol. The van der Waals surface area contributed by atoms with Crippen molar-refractivity contribution in [2.45, 2.75) is 19.5 Å². The van der Waals surface area contributed by atoms with Gasteiger partial charge < -0.3 is 10.1 Å². The number of benzene rings is 2. The van der Waals surface area contributed by atoms with Crippen LogP contribution in [0.25, 0.3) is 0 Å². The second-order valence-corrected chi connectivity index (χ2v) is 4.85. The van der Waals surface area contributed by atoms with Gasteiger partial charge in [0.05, 0.1) is 12.7 Å². The zero-order valence-electron chi connectivity index (χ0n) is 12.1. The smallest absolute Gasteiger partial charge is 0.337 e. The zero-order chi connectivity index (χ0) is 15.2. The maximum absolute atomic E-state index is 13.2. The van der Waals surface area contributed by atoms with Crippen molar-refractivity contribution >= 4 is 5.97 Å². The van der Waals surface area contributed by atoms with Crippen molar-refractivity contribution in [1.82, 2.24) is 5.32 Å². The van der Waals surface area contributed by atoms with E-state index < -0.39 is 0 Å². The first kappa shape index (κ1) is 15.2. The molecule has 4 heteroatoms. The van der Waals surface area contributed by atoms with Crippen LogP contribution in [0.15, 0.2) is 48.5 Å². The number of ether oxygens (including phenoxy) is 1. The SMILES string of the molecule is COC(=O)c1ccc(CN[C@H](C)c2cccc(F)c2)cc1. The Balaban J connectivity index is 1.95. The topological polar surface area (TPSA) is 38.3 Å². The summed E-state index contributed by atoms with van der Waals surface area (Å²) in [5.41, 5.74) is 2.48. The van der Waals surface area contributed by atoms with Crippen LogP contribution in [0.2, 0.25) is 0 Å². The molecule has 0 bridgehead atoms. The quantitative estimate of drug-likeness (QED) is 0.856. The van der Waals surface area contributed by atoms with Gasteiger partial charge in [-0.2, -0.15) is 0 Å². The van der Waals surface area contributed by atoms with Gasteiger partial charge in [-0.25, -0.2) is 9.18 Å². The molecule has 21 heavy (non-hydrogen) atoms. The van der Waals surface area contributed by atoms with Crippen LogP contribution in [0, 0.1) is 5.82 Å². The van der Waals surface area contributed by atoms with Gasteiger partial charge in [-0.3, -0.25) is 0 Å². The van der Waals surface area contributed by atoms with Crippen LogP contribution in [0.5, 0.6) is 0 Å². The minimum Gasteiger partial charge on any atom is -0.465 e. The maximum atomic E-state index is 13.2. The van der Waals surface area contributed by atoms with Crippen molar-refractivity contribution in [3.05, 3.63) is 71.0 Å². The molecule has 1 N–H and O–H groups in total. The summed E-state index contributed by atoms with van der Waals surface area (Å²) < 4.78 is 17.8. The molecular weight excluding hydrogens is 269 g/mol. The molecule has 0 saturated heterocycles. The summed E-state index contributed by atoms with van der Waals surface area (Å²) in [6, 6.07) is 13.8. The van der Waals surface area contributed by atoms with Crippen LogP contribution >= 0.6 is 0 Å². The summed E-state index contributed by atoms with van der Waals surface area (Å²) in [6.45, 7) is 2.62. The Morgan fingerprint density at radius 3 is 2.57 bits per heavy atom. The van der Waals surface area contributed by atoms with Crippen LogP contribution in [-0.4, -0.2) is 13.1 Å². The maximum Gasteiger partial charge on any atom is 0.337 e. The molecule has 0 aliphatic carbocycles. The Morgan fingerprint density at radius 1 is 1.24 bits per heavy atom. The van der Waals surface area contributed by atoms with Gasteiger partial charge in [-0.05, 0) is 42.3 Å². The number of carbonyl (C=O) groups is 1. The summed E-state index contributed by atoms with van der Waals surface area (Å²) in [4.78, 5) is 11.3. The first-order valence-corrected chi connectivity index (χ1v) is 6.76. The van der Waals surface area contributed by atoms with Gasteiger partial charge in [-0.15, -0.1) is 0 Å². The summed E-state index contributed by atoms with van der Waals surface area (Å²) in [5.74, 6) is -0.578. The molecule has 0 aliphatic rings. The summed E-state index contributed by atoms with van der Waals surface area (Å²) >= 11 is 0. The molecule has 0 amide bonds. The van der Waals surface area contributed by atoms with E-state index >= 15 is 0 Å². The van der Waals surface area contributed by atoms with E-state index in [1.807, 2.05) is 25.1 Å². The molecule has 0 heterocycles. The Hall–Kier alpha value is -2.20. The molecule has 2 rings (SSSR count). The van der Waals surface area contributed by atoms with E-state index in [2.05, 4.69) is 10.1 Å². The molecule has 0 fully saturated rings. The van der Waals surface area contributed by atoms with E-state index in [4.69, 9.17) is 0 Å². The van der Waals surface area contributed by atoms with Crippen molar-refractivity contribution in [3.8, 4) is 0 Å². The van der Waals surface area contributed by atoms with Gasteiger partial charge >= 0.3 is 5.97 Å².